The van der Waals surface area contributed by atoms with E-state index in [4.69, 9.17) is 23.2 Å². The molecule has 30 heavy (non-hydrogen) atoms. The topological polar surface area (TPSA) is 66.5 Å². The largest absolute Gasteiger partial charge is 0.350 e. The fraction of sp³-hybridized carbons (Fsp3) is 0.136. The van der Waals surface area contributed by atoms with E-state index in [1.54, 1.807) is 54.6 Å². The van der Waals surface area contributed by atoms with Gasteiger partial charge in [0.05, 0.1) is 10.6 Å². The number of halogens is 2. The zero-order valence-electron chi connectivity index (χ0n) is 16.2. The predicted molar refractivity (Wildman–Crippen MR) is 120 cm³/mol. The number of amides is 1. The Bertz CT molecular complexity index is 1130. The summed E-state index contributed by atoms with van der Waals surface area (Å²) < 4.78 is 27.6. The fourth-order valence-electron chi connectivity index (χ4n) is 2.77. The number of aryl methyl sites for hydroxylation is 1. The Balaban J connectivity index is 1.85. The Hall–Kier alpha value is -2.54. The van der Waals surface area contributed by atoms with Gasteiger partial charge in [0.1, 0.15) is 6.54 Å². The van der Waals surface area contributed by atoms with Crippen LogP contribution in [0.4, 0.5) is 5.69 Å². The van der Waals surface area contributed by atoms with Gasteiger partial charge in [-0.3, -0.25) is 9.10 Å². The van der Waals surface area contributed by atoms with Crippen LogP contribution in [0.15, 0.2) is 77.7 Å². The molecule has 5 nitrogen and oxygen atoms in total. The molecule has 1 amide bonds. The predicted octanol–water partition coefficient (Wildman–Crippen LogP) is 4.81. The van der Waals surface area contributed by atoms with Gasteiger partial charge in [0.2, 0.25) is 5.91 Å². The van der Waals surface area contributed by atoms with E-state index in [1.165, 1.54) is 18.2 Å². The van der Waals surface area contributed by atoms with Gasteiger partial charge in [-0.15, -0.1) is 0 Å². The van der Waals surface area contributed by atoms with Gasteiger partial charge in [0, 0.05) is 16.6 Å². The number of benzene rings is 3. The molecule has 0 fully saturated rings. The van der Waals surface area contributed by atoms with Gasteiger partial charge in [-0.05, 0) is 55.0 Å². The molecule has 0 aliphatic heterocycles. The van der Waals surface area contributed by atoms with Gasteiger partial charge in [0.25, 0.3) is 10.0 Å². The molecule has 0 spiro atoms. The highest BCUT2D eigenvalue weighted by molar-refractivity contribution is 7.92. The fourth-order valence-corrected chi connectivity index (χ4v) is 4.50. The third-order valence-electron chi connectivity index (χ3n) is 4.40. The van der Waals surface area contributed by atoms with Crippen molar-refractivity contribution in [1.82, 2.24) is 5.32 Å². The number of sulfonamides is 1. The molecule has 3 aromatic carbocycles. The van der Waals surface area contributed by atoms with Crippen molar-refractivity contribution in [2.24, 2.45) is 0 Å². The van der Waals surface area contributed by atoms with Crippen molar-refractivity contribution in [2.45, 2.75) is 18.4 Å². The Kier molecular flexibility index (Phi) is 7.02. The zero-order chi connectivity index (χ0) is 21.7. The summed E-state index contributed by atoms with van der Waals surface area (Å²) in [7, 11) is -3.97. The lowest BCUT2D eigenvalue weighted by molar-refractivity contribution is -0.119. The molecule has 3 rings (SSSR count). The van der Waals surface area contributed by atoms with Crippen LogP contribution in [0.3, 0.4) is 0 Å². The van der Waals surface area contributed by atoms with E-state index in [0.29, 0.717) is 15.7 Å². The maximum absolute atomic E-state index is 13.3. The summed E-state index contributed by atoms with van der Waals surface area (Å²) in [4.78, 5) is 12.7. The van der Waals surface area contributed by atoms with Crippen molar-refractivity contribution in [3.63, 3.8) is 0 Å². The number of nitrogens with one attached hydrogen (secondary N) is 1. The summed E-state index contributed by atoms with van der Waals surface area (Å²) in [5.74, 6) is -0.444. The van der Waals surface area contributed by atoms with Crippen molar-refractivity contribution >= 4 is 44.8 Å². The quantitative estimate of drug-likeness (QED) is 0.547. The monoisotopic (exact) mass is 462 g/mol. The van der Waals surface area contributed by atoms with Crippen molar-refractivity contribution in [2.75, 3.05) is 10.8 Å². The molecular formula is C22H20Cl2N2O3S. The standard InChI is InChI=1S/C22H20Cl2N2O3S/c1-16-5-11-21(12-6-16)30(28,29)26(20-4-2-3-19(24)13-20)15-22(27)25-14-17-7-9-18(23)10-8-17/h2-13H,14-15H2,1H3,(H,25,27). The lowest BCUT2D eigenvalue weighted by atomic mass is 10.2. The van der Waals surface area contributed by atoms with Crippen LogP contribution in [-0.2, 0) is 21.4 Å². The molecule has 0 saturated heterocycles. The van der Waals surface area contributed by atoms with Crippen molar-refractivity contribution < 1.29 is 13.2 Å². The first-order chi connectivity index (χ1) is 14.3. The Morgan fingerprint density at radius 3 is 2.23 bits per heavy atom. The number of carbonyl (C=O) groups is 1. The van der Waals surface area contributed by atoms with Crippen LogP contribution in [0.5, 0.6) is 0 Å². The van der Waals surface area contributed by atoms with Crippen LogP contribution in [0, 0.1) is 6.92 Å². The molecule has 0 aliphatic carbocycles. The SMILES string of the molecule is Cc1ccc(S(=O)(=O)N(CC(=O)NCc2ccc(Cl)cc2)c2cccc(Cl)c2)cc1. The first kappa shape index (κ1) is 22.2. The molecule has 1 N–H and O–H groups in total. The lowest BCUT2D eigenvalue weighted by Crippen LogP contribution is -2.40. The third kappa shape index (κ3) is 5.53. The average Bonchev–Trinajstić information content (AvgIpc) is 2.72. The first-order valence-electron chi connectivity index (χ1n) is 9.12. The molecule has 3 aromatic rings. The minimum atomic E-state index is -3.97. The second-order valence-corrected chi connectivity index (χ2v) is 9.44. The van der Waals surface area contributed by atoms with Crippen LogP contribution in [-0.4, -0.2) is 20.9 Å². The molecule has 0 unspecified atom stereocenters. The highest BCUT2D eigenvalue weighted by Gasteiger charge is 2.27. The molecule has 0 saturated carbocycles. The molecule has 0 aliphatic rings. The summed E-state index contributed by atoms with van der Waals surface area (Å²) in [6, 6.07) is 19.9. The van der Waals surface area contributed by atoms with Gasteiger partial charge in [-0.25, -0.2) is 8.42 Å². The van der Waals surface area contributed by atoms with Crippen LogP contribution in [0.2, 0.25) is 10.0 Å². The molecule has 0 atom stereocenters. The minimum absolute atomic E-state index is 0.0959. The van der Waals surface area contributed by atoms with Gasteiger partial charge in [0.15, 0.2) is 0 Å². The highest BCUT2D eigenvalue weighted by Crippen LogP contribution is 2.26. The Morgan fingerprint density at radius 1 is 0.933 bits per heavy atom. The van der Waals surface area contributed by atoms with Crippen LogP contribution in [0.25, 0.3) is 0 Å². The minimum Gasteiger partial charge on any atom is -0.350 e. The maximum Gasteiger partial charge on any atom is 0.264 e. The molecule has 0 aromatic heterocycles. The van der Waals surface area contributed by atoms with Gasteiger partial charge in [-0.1, -0.05) is 59.1 Å². The van der Waals surface area contributed by atoms with Crippen molar-refractivity contribution in [1.29, 1.82) is 0 Å². The molecule has 156 valence electrons. The van der Waals surface area contributed by atoms with E-state index in [-0.39, 0.29) is 18.0 Å². The van der Waals surface area contributed by atoms with Gasteiger partial charge < -0.3 is 5.32 Å². The van der Waals surface area contributed by atoms with Crippen LogP contribution < -0.4 is 9.62 Å². The van der Waals surface area contributed by atoms with Crippen LogP contribution >= 0.6 is 23.2 Å². The third-order valence-corrected chi connectivity index (χ3v) is 6.67. The molecule has 0 heterocycles. The second-order valence-electron chi connectivity index (χ2n) is 6.71. The van der Waals surface area contributed by atoms with E-state index >= 15 is 0 Å². The average molecular weight is 463 g/mol. The van der Waals surface area contributed by atoms with E-state index in [1.807, 2.05) is 6.92 Å². The number of anilines is 1. The van der Waals surface area contributed by atoms with Gasteiger partial charge in [-0.2, -0.15) is 0 Å². The van der Waals surface area contributed by atoms with Crippen molar-refractivity contribution in [3.8, 4) is 0 Å². The molecule has 0 radical (unpaired) electrons. The number of rotatable bonds is 7. The summed E-state index contributed by atoms with van der Waals surface area (Å²) >= 11 is 11.9. The second kappa shape index (κ2) is 9.51. The van der Waals surface area contributed by atoms with Gasteiger partial charge >= 0.3 is 0 Å². The Morgan fingerprint density at radius 2 is 1.60 bits per heavy atom. The van der Waals surface area contributed by atoms with E-state index in [9.17, 15) is 13.2 Å². The Labute approximate surface area is 186 Å². The number of hydrogen-bond acceptors (Lipinski definition) is 3. The normalized spacial score (nSPS) is 11.2. The van der Waals surface area contributed by atoms with Crippen LogP contribution in [0.1, 0.15) is 11.1 Å². The summed E-state index contributed by atoms with van der Waals surface area (Å²) in [5.41, 5.74) is 2.09. The van der Waals surface area contributed by atoms with E-state index in [0.717, 1.165) is 15.4 Å². The number of carbonyl (C=O) groups excluding carboxylic acids is 1. The zero-order valence-corrected chi connectivity index (χ0v) is 18.5. The molecular weight excluding hydrogens is 443 g/mol. The smallest absolute Gasteiger partial charge is 0.264 e. The first-order valence-corrected chi connectivity index (χ1v) is 11.3. The summed E-state index contributed by atoms with van der Waals surface area (Å²) in [5, 5.41) is 3.72. The summed E-state index contributed by atoms with van der Waals surface area (Å²) in [6.07, 6.45) is 0. The van der Waals surface area contributed by atoms with E-state index in [2.05, 4.69) is 5.32 Å². The maximum atomic E-state index is 13.3. The lowest BCUT2D eigenvalue weighted by Gasteiger charge is -2.24. The molecule has 0 bridgehead atoms. The van der Waals surface area contributed by atoms with E-state index < -0.39 is 15.9 Å². The number of hydrogen-bond donors (Lipinski definition) is 1. The molecule has 8 heteroatoms. The summed E-state index contributed by atoms with van der Waals surface area (Å²) in [6.45, 7) is 1.74. The number of nitrogens with zero attached hydrogens (tertiary/aromatic N) is 1. The van der Waals surface area contributed by atoms with Crippen molar-refractivity contribution in [3.05, 3.63) is 94.0 Å². The highest BCUT2D eigenvalue weighted by atomic mass is 35.5.